The van der Waals surface area contributed by atoms with Crippen molar-refractivity contribution in [2.75, 3.05) is 13.1 Å². The van der Waals surface area contributed by atoms with Gasteiger partial charge in [-0.3, -0.25) is 9.98 Å². The molecular formula is C19H23ClFIN4. The zero-order valence-electron chi connectivity index (χ0n) is 14.6. The molecule has 1 fully saturated rings. The van der Waals surface area contributed by atoms with Gasteiger partial charge < -0.3 is 10.6 Å². The van der Waals surface area contributed by atoms with E-state index in [0.717, 1.165) is 31.0 Å². The predicted molar refractivity (Wildman–Crippen MR) is 115 cm³/mol. The number of rotatable bonds is 6. The second kappa shape index (κ2) is 10.1. The third-order valence-electron chi connectivity index (χ3n) is 4.19. The summed E-state index contributed by atoms with van der Waals surface area (Å²) >= 11 is 6.16. The maximum absolute atomic E-state index is 14.0. The molecule has 0 bridgehead atoms. The summed E-state index contributed by atoms with van der Waals surface area (Å²) in [6.45, 7) is 3.44. The van der Waals surface area contributed by atoms with Gasteiger partial charge in [0.1, 0.15) is 5.82 Å². The number of nitrogens with one attached hydrogen (secondary N) is 2. The monoisotopic (exact) mass is 488 g/mol. The Morgan fingerprint density at radius 3 is 2.85 bits per heavy atom. The first-order chi connectivity index (χ1) is 12.2. The van der Waals surface area contributed by atoms with Crippen molar-refractivity contribution in [3.8, 4) is 0 Å². The van der Waals surface area contributed by atoms with E-state index in [1.165, 1.54) is 6.07 Å². The van der Waals surface area contributed by atoms with Gasteiger partial charge in [-0.15, -0.1) is 24.0 Å². The van der Waals surface area contributed by atoms with E-state index < -0.39 is 0 Å². The first kappa shape index (κ1) is 20.9. The normalized spacial score (nSPS) is 18.8. The summed E-state index contributed by atoms with van der Waals surface area (Å²) in [4.78, 5) is 8.89. The van der Waals surface area contributed by atoms with Crippen LogP contribution in [0.5, 0.6) is 0 Å². The van der Waals surface area contributed by atoms with Crippen LogP contribution in [0.4, 0.5) is 4.39 Å². The van der Waals surface area contributed by atoms with Crippen LogP contribution in [-0.2, 0) is 6.42 Å². The van der Waals surface area contributed by atoms with Gasteiger partial charge in [-0.25, -0.2) is 4.39 Å². The van der Waals surface area contributed by atoms with Crippen LogP contribution in [0.15, 0.2) is 47.6 Å². The summed E-state index contributed by atoms with van der Waals surface area (Å²) in [6, 6.07) is 10.9. The minimum absolute atomic E-state index is 0. The standard InChI is InChI=1S/C19H22ClFN4.HI/c1-2-22-19(24-11-9-13-6-3-4-10-23-13)25-17-12-14(17)18-15(20)7-5-8-16(18)21;/h3-8,10,14,17H,2,9,11-12H2,1H3,(H2,22,24,25);1H. The number of nitrogens with zero attached hydrogens (tertiary/aromatic N) is 2. The largest absolute Gasteiger partial charge is 0.357 e. The first-order valence-corrected chi connectivity index (χ1v) is 8.95. The predicted octanol–water partition coefficient (Wildman–Crippen LogP) is 4.15. The number of aromatic nitrogens is 1. The molecule has 7 heteroatoms. The minimum Gasteiger partial charge on any atom is -0.357 e. The topological polar surface area (TPSA) is 49.3 Å². The second-order valence-electron chi connectivity index (χ2n) is 6.06. The van der Waals surface area contributed by atoms with E-state index in [1.54, 1.807) is 18.3 Å². The van der Waals surface area contributed by atoms with E-state index in [1.807, 2.05) is 25.1 Å². The van der Waals surface area contributed by atoms with Crippen LogP contribution in [0.2, 0.25) is 5.02 Å². The highest BCUT2D eigenvalue weighted by atomic mass is 127. The fraction of sp³-hybridized carbons (Fsp3) is 0.368. The number of halogens is 3. The number of aliphatic imine (C=N–C) groups is 1. The summed E-state index contributed by atoms with van der Waals surface area (Å²) in [5.41, 5.74) is 1.62. The van der Waals surface area contributed by atoms with Gasteiger partial charge in [0.25, 0.3) is 0 Å². The maximum atomic E-state index is 14.0. The minimum atomic E-state index is -0.237. The summed E-state index contributed by atoms with van der Waals surface area (Å²) in [6.07, 6.45) is 3.42. The van der Waals surface area contributed by atoms with E-state index >= 15 is 0 Å². The van der Waals surface area contributed by atoms with Crippen molar-refractivity contribution in [1.82, 2.24) is 15.6 Å². The van der Waals surface area contributed by atoms with Gasteiger partial charge in [0.15, 0.2) is 5.96 Å². The van der Waals surface area contributed by atoms with E-state index in [9.17, 15) is 4.39 Å². The van der Waals surface area contributed by atoms with E-state index in [4.69, 9.17) is 11.6 Å². The highest BCUT2D eigenvalue weighted by Gasteiger charge is 2.41. The van der Waals surface area contributed by atoms with Crippen LogP contribution in [0.3, 0.4) is 0 Å². The number of hydrogen-bond acceptors (Lipinski definition) is 2. The molecule has 2 atom stereocenters. The molecule has 1 aliphatic rings. The van der Waals surface area contributed by atoms with Gasteiger partial charge in [0.05, 0.1) is 0 Å². The SMILES string of the molecule is CCNC(=NCCc1ccccn1)NC1CC1c1c(F)cccc1Cl.I. The Morgan fingerprint density at radius 2 is 2.15 bits per heavy atom. The highest BCUT2D eigenvalue weighted by molar-refractivity contribution is 14.0. The molecule has 3 rings (SSSR count). The molecule has 0 saturated heterocycles. The van der Waals surface area contributed by atoms with Gasteiger partial charge in [-0.05, 0) is 37.6 Å². The van der Waals surface area contributed by atoms with E-state index in [-0.39, 0.29) is 41.8 Å². The van der Waals surface area contributed by atoms with E-state index in [2.05, 4.69) is 20.6 Å². The van der Waals surface area contributed by atoms with Crippen molar-refractivity contribution in [1.29, 1.82) is 0 Å². The lowest BCUT2D eigenvalue weighted by molar-refractivity contribution is 0.608. The Hall–Kier alpha value is -1.41. The lowest BCUT2D eigenvalue weighted by Gasteiger charge is -2.12. The molecule has 1 aromatic carbocycles. The first-order valence-electron chi connectivity index (χ1n) is 8.57. The average Bonchev–Trinajstić information content (AvgIpc) is 3.34. The Bertz CT molecular complexity index is 721. The lowest BCUT2D eigenvalue weighted by Crippen LogP contribution is -2.39. The number of hydrogen-bond donors (Lipinski definition) is 2. The molecule has 1 aliphatic carbocycles. The molecule has 4 nitrogen and oxygen atoms in total. The fourth-order valence-corrected chi connectivity index (χ4v) is 3.17. The molecule has 2 aromatic rings. The second-order valence-corrected chi connectivity index (χ2v) is 6.47. The number of guanidine groups is 1. The molecule has 0 amide bonds. The van der Waals surface area contributed by atoms with Crippen molar-refractivity contribution < 1.29 is 4.39 Å². The molecule has 140 valence electrons. The molecule has 0 aliphatic heterocycles. The fourth-order valence-electron chi connectivity index (χ4n) is 2.86. The van der Waals surface area contributed by atoms with Gasteiger partial charge in [-0.1, -0.05) is 23.7 Å². The van der Waals surface area contributed by atoms with Gasteiger partial charge in [0.2, 0.25) is 0 Å². The van der Waals surface area contributed by atoms with Crippen molar-refractivity contribution in [3.63, 3.8) is 0 Å². The highest BCUT2D eigenvalue weighted by Crippen LogP contribution is 2.44. The van der Waals surface area contributed by atoms with Gasteiger partial charge in [0, 0.05) is 53.9 Å². The van der Waals surface area contributed by atoms with Crippen molar-refractivity contribution in [2.24, 2.45) is 4.99 Å². The van der Waals surface area contributed by atoms with Crippen LogP contribution < -0.4 is 10.6 Å². The molecule has 0 spiro atoms. The smallest absolute Gasteiger partial charge is 0.191 e. The average molecular weight is 489 g/mol. The third-order valence-corrected chi connectivity index (χ3v) is 4.52. The van der Waals surface area contributed by atoms with Crippen molar-refractivity contribution in [3.05, 3.63) is 64.7 Å². The Kier molecular flexibility index (Phi) is 8.09. The molecule has 0 radical (unpaired) electrons. The number of benzene rings is 1. The van der Waals surface area contributed by atoms with Crippen LogP contribution in [0, 0.1) is 5.82 Å². The summed E-state index contributed by atoms with van der Waals surface area (Å²) in [7, 11) is 0. The van der Waals surface area contributed by atoms with Gasteiger partial charge in [-0.2, -0.15) is 0 Å². The summed E-state index contributed by atoms with van der Waals surface area (Å²) in [5.74, 6) is 0.602. The summed E-state index contributed by atoms with van der Waals surface area (Å²) in [5, 5.41) is 7.10. The molecule has 2 unspecified atom stereocenters. The molecule has 1 saturated carbocycles. The molecule has 1 heterocycles. The molecule has 1 aromatic heterocycles. The Balaban J connectivity index is 0.00000243. The summed E-state index contributed by atoms with van der Waals surface area (Å²) < 4.78 is 14.0. The zero-order valence-corrected chi connectivity index (χ0v) is 17.7. The quantitative estimate of drug-likeness (QED) is 0.365. The maximum Gasteiger partial charge on any atom is 0.191 e. The van der Waals surface area contributed by atoms with Crippen molar-refractivity contribution in [2.45, 2.75) is 31.7 Å². The number of pyridine rings is 1. The van der Waals surface area contributed by atoms with Crippen LogP contribution in [0.25, 0.3) is 0 Å². The molecule has 2 N–H and O–H groups in total. The van der Waals surface area contributed by atoms with E-state index in [0.29, 0.717) is 17.1 Å². The van der Waals surface area contributed by atoms with Crippen LogP contribution in [-0.4, -0.2) is 30.1 Å². The van der Waals surface area contributed by atoms with Gasteiger partial charge >= 0.3 is 0 Å². The lowest BCUT2D eigenvalue weighted by atomic mass is 10.1. The zero-order chi connectivity index (χ0) is 17.6. The Labute approximate surface area is 175 Å². The van der Waals surface area contributed by atoms with Crippen molar-refractivity contribution >= 4 is 41.5 Å². The Morgan fingerprint density at radius 1 is 1.31 bits per heavy atom. The van der Waals surface area contributed by atoms with Crippen LogP contribution >= 0.6 is 35.6 Å². The molecular weight excluding hydrogens is 466 g/mol. The van der Waals surface area contributed by atoms with Crippen LogP contribution in [0.1, 0.15) is 30.5 Å². The third kappa shape index (κ3) is 5.54. The molecule has 26 heavy (non-hydrogen) atoms.